The lowest BCUT2D eigenvalue weighted by Gasteiger charge is -2.39. The predicted molar refractivity (Wildman–Crippen MR) is 73.3 cm³/mol. The van der Waals surface area contributed by atoms with Crippen LogP contribution < -0.4 is 5.32 Å². The second-order valence-electron chi connectivity index (χ2n) is 5.62. The number of aliphatic hydroxyl groups excluding tert-OH is 1. The molecule has 0 spiro atoms. The summed E-state index contributed by atoms with van der Waals surface area (Å²) in [5.41, 5.74) is 0. The van der Waals surface area contributed by atoms with E-state index in [4.69, 9.17) is 5.11 Å². The van der Waals surface area contributed by atoms with Crippen LogP contribution in [0.4, 0.5) is 0 Å². The Kier molecular flexibility index (Phi) is 6.65. The first-order valence-corrected chi connectivity index (χ1v) is 7.21. The second kappa shape index (κ2) is 7.74. The van der Waals surface area contributed by atoms with Gasteiger partial charge in [0.2, 0.25) is 5.91 Å². The Morgan fingerprint density at radius 3 is 2.72 bits per heavy atom. The van der Waals surface area contributed by atoms with Gasteiger partial charge in [-0.1, -0.05) is 20.8 Å². The summed E-state index contributed by atoms with van der Waals surface area (Å²) in [6.45, 7) is 8.91. The standard InChI is InChI=1S/C14H28N2O2/c1-4-15-13-8-12(6-5-7-17)9-16(10-13)14(18)11(2)3/h11-13,15,17H,4-10H2,1-3H3. The molecule has 1 fully saturated rings. The van der Waals surface area contributed by atoms with Crippen LogP contribution in [0.15, 0.2) is 0 Å². The molecule has 0 saturated carbocycles. The molecule has 1 amide bonds. The lowest BCUT2D eigenvalue weighted by Crippen LogP contribution is -2.52. The highest BCUT2D eigenvalue weighted by Crippen LogP contribution is 2.22. The molecule has 0 aromatic rings. The Morgan fingerprint density at radius 1 is 1.44 bits per heavy atom. The molecule has 2 atom stereocenters. The number of amides is 1. The average Bonchev–Trinajstić information content (AvgIpc) is 2.35. The van der Waals surface area contributed by atoms with E-state index in [2.05, 4.69) is 12.2 Å². The molecular weight excluding hydrogens is 228 g/mol. The molecule has 0 radical (unpaired) electrons. The van der Waals surface area contributed by atoms with Crippen molar-refractivity contribution in [2.45, 2.75) is 46.1 Å². The summed E-state index contributed by atoms with van der Waals surface area (Å²) in [7, 11) is 0. The molecule has 1 saturated heterocycles. The molecule has 2 unspecified atom stereocenters. The zero-order valence-corrected chi connectivity index (χ0v) is 12.0. The van der Waals surface area contributed by atoms with Crippen molar-refractivity contribution in [2.75, 3.05) is 26.2 Å². The van der Waals surface area contributed by atoms with Crippen molar-refractivity contribution in [3.05, 3.63) is 0 Å². The van der Waals surface area contributed by atoms with Crippen LogP contribution in [0.3, 0.4) is 0 Å². The third kappa shape index (κ3) is 4.58. The van der Waals surface area contributed by atoms with Gasteiger partial charge in [0.05, 0.1) is 0 Å². The maximum atomic E-state index is 12.1. The van der Waals surface area contributed by atoms with Crippen molar-refractivity contribution in [1.82, 2.24) is 10.2 Å². The molecule has 1 heterocycles. The van der Waals surface area contributed by atoms with Crippen molar-refractivity contribution in [3.8, 4) is 0 Å². The number of hydrogen-bond donors (Lipinski definition) is 2. The molecule has 0 aliphatic carbocycles. The maximum absolute atomic E-state index is 12.1. The summed E-state index contributed by atoms with van der Waals surface area (Å²) in [6.07, 6.45) is 2.98. The summed E-state index contributed by atoms with van der Waals surface area (Å²) in [6, 6.07) is 0.412. The van der Waals surface area contributed by atoms with E-state index in [0.717, 1.165) is 38.9 Å². The van der Waals surface area contributed by atoms with Crippen LogP contribution in [0.1, 0.15) is 40.0 Å². The zero-order chi connectivity index (χ0) is 13.5. The highest BCUT2D eigenvalue weighted by atomic mass is 16.2. The molecule has 0 aromatic heterocycles. The third-order valence-corrected chi connectivity index (χ3v) is 3.61. The smallest absolute Gasteiger partial charge is 0.225 e. The van der Waals surface area contributed by atoms with Crippen LogP contribution in [0.5, 0.6) is 0 Å². The minimum absolute atomic E-state index is 0.0730. The second-order valence-corrected chi connectivity index (χ2v) is 5.62. The monoisotopic (exact) mass is 256 g/mol. The molecule has 4 heteroatoms. The van der Waals surface area contributed by atoms with Gasteiger partial charge in [0.25, 0.3) is 0 Å². The topological polar surface area (TPSA) is 52.6 Å². The zero-order valence-electron chi connectivity index (χ0n) is 12.0. The first kappa shape index (κ1) is 15.4. The number of aliphatic hydroxyl groups is 1. The number of hydrogen-bond acceptors (Lipinski definition) is 3. The van der Waals surface area contributed by atoms with Gasteiger partial charge in [-0.2, -0.15) is 0 Å². The largest absolute Gasteiger partial charge is 0.396 e. The van der Waals surface area contributed by atoms with E-state index in [1.165, 1.54) is 0 Å². The molecule has 4 nitrogen and oxygen atoms in total. The lowest BCUT2D eigenvalue weighted by atomic mass is 9.89. The molecule has 1 aliphatic rings. The van der Waals surface area contributed by atoms with Crippen LogP contribution in [0.25, 0.3) is 0 Å². The van der Waals surface area contributed by atoms with E-state index in [-0.39, 0.29) is 18.4 Å². The molecule has 1 rings (SSSR count). The fourth-order valence-electron chi connectivity index (χ4n) is 2.77. The van der Waals surface area contributed by atoms with Crippen LogP contribution in [0, 0.1) is 11.8 Å². The maximum Gasteiger partial charge on any atom is 0.225 e. The summed E-state index contributed by atoms with van der Waals surface area (Å²) >= 11 is 0. The Bertz CT molecular complexity index is 256. The number of carbonyl (C=O) groups is 1. The molecule has 18 heavy (non-hydrogen) atoms. The van der Waals surface area contributed by atoms with Gasteiger partial charge in [-0.3, -0.25) is 4.79 Å². The van der Waals surface area contributed by atoms with Crippen LogP contribution in [-0.4, -0.2) is 48.2 Å². The van der Waals surface area contributed by atoms with Gasteiger partial charge in [0, 0.05) is 31.7 Å². The molecule has 106 valence electrons. The van der Waals surface area contributed by atoms with Gasteiger partial charge < -0.3 is 15.3 Å². The number of rotatable bonds is 6. The first-order valence-electron chi connectivity index (χ1n) is 7.21. The number of piperidine rings is 1. The summed E-state index contributed by atoms with van der Waals surface area (Å²) < 4.78 is 0. The summed E-state index contributed by atoms with van der Waals surface area (Å²) in [5.74, 6) is 0.855. The molecular formula is C14H28N2O2. The van der Waals surface area contributed by atoms with E-state index in [0.29, 0.717) is 12.0 Å². The minimum atomic E-state index is 0.0730. The number of likely N-dealkylation sites (tertiary alicyclic amines) is 1. The van der Waals surface area contributed by atoms with Crippen molar-refractivity contribution >= 4 is 5.91 Å². The summed E-state index contributed by atoms with van der Waals surface area (Å²) in [4.78, 5) is 14.1. The van der Waals surface area contributed by atoms with E-state index in [1.807, 2.05) is 18.7 Å². The number of nitrogens with zero attached hydrogens (tertiary/aromatic N) is 1. The number of likely N-dealkylation sites (N-methyl/N-ethyl adjacent to an activating group) is 1. The van der Waals surface area contributed by atoms with E-state index < -0.39 is 0 Å². The van der Waals surface area contributed by atoms with E-state index in [1.54, 1.807) is 0 Å². The SMILES string of the molecule is CCNC1CC(CCCO)CN(C(=O)C(C)C)C1. The quantitative estimate of drug-likeness (QED) is 0.752. The van der Waals surface area contributed by atoms with Crippen LogP contribution >= 0.6 is 0 Å². The fraction of sp³-hybridized carbons (Fsp3) is 0.929. The van der Waals surface area contributed by atoms with E-state index >= 15 is 0 Å². The van der Waals surface area contributed by atoms with E-state index in [9.17, 15) is 4.79 Å². The van der Waals surface area contributed by atoms with Crippen molar-refractivity contribution in [2.24, 2.45) is 11.8 Å². The molecule has 2 N–H and O–H groups in total. The Labute approximate surface area is 111 Å². The first-order chi connectivity index (χ1) is 8.58. The lowest BCUT2D eigenvalue weighted by molar-refractivity contribution is -0.136. The highest BCUT2D eigenvalue weighted by molar-refractivity contribution is 5.78. The Balaban J connectivity index is 2.58. The van der Waals surface area contributed by atoms with Gasteiger partial charge in [0.1, 0.15) is 0 Å². The summed E-state index contributed by atoms with van der Waals surface area (Å²) in [5, 5.41) is 12.4. The van der Waals surface area contributed by atoms with Crippen LogP contribution in [0.2, 0.25) is 0 Å². The normalized spacial score (nSPS) is 24.6. The Hall–Kier alpha value is -0.610. The van der Waals surface area contributed by atoms with Gasteiger partial charge in [-0.25, -0.2) is 0 Å². The highest BCUT2D eigenvalue weighted by Gasteiger charge is 2.30. The molecule has 0 bridgehead atoms. The average molecular weight is 256 g/mol. The van der Waals surface area contributed by atoms with Gasteiger partial charge in [-0.05, 0) is 31.7 Å². The van der Waals surface area contributed by atoms with Crippen molar-refractivity contribution < 1.29 is 9.90 Å². The van der Waals surface area contributed by atoms with Crippen molar-refractivity contribution in [1.29, 1.82) is 0 Å². The molecule has 1 aliphatic heterocycles. The van der Waals surface area contributed by atoms with Gasteiger partial charge in [0.15, 0.2) is 0 Å². The van der Waals surface area contributed by atoms with Crippen LogP contribution in [-0.2, 0) is 4.79 Å². The van der Waals surface area contributed by atoms with Gasteiger partial charge in [-0.15, -0.1) is 0 Å². The third-order valence-electron chi connectivity index (χ3n) is 3.61. The van der Waals surface area contributed by atoms with Gasteiger partial charge >= 0.3 is 0 Å². The predicted octanol–water partition coefficient (Wildman–Crippen LogP) is 1.24. The molecule has 0 aromatic carbocycles. The minimum Gasteiger partial charge on any atom is -0.396 e. The number of carbonyl (C=O) groups excluding carboxylic acids is 1. The fourth-order valence-corrected chi connectivity index (χ4v) is 2.77. The Morgan fingerprint density at radius 2 is 2.17 bits per heavy atom. The van der Waals surface area contributed by atoms with Crippen molar-refractivity contribution in [3.63, 3.8) is 0 Å². The number of nitrogens with one attached hydrogen (secondary N) is 1.